The summed E-state index contributed by atoms with van der Waals surface area (Å²) in [5, 5.41) is 22.5. The van der Waals surface area contributed by atoms with E-state index in [1.165, 1.54) is 12.3 Å². The number of rotatable bonds is 5. The van der Waals surface area contributed by atoms with Gasteiger partial charge in [0.25, 0.3) is 0 Å². The molecule has 7 nitrogen and oxygen atoms in total. The Hall–Kier alpha value is -1.68. The fourth-order valence-corrected chi connectivity index (χ4v) is 2.92. The van der Waals surface area contributed by atoms with Crippen molar-refractivity contribution in [2.45, 2.75) is 56.4 Å². The molecule has 2 rings (SSSR count). The Bertz CT molecular complexity index is 709. The molecule has 1 fully saturated rings. The first-order valence-corrected chi connectivity index (χ1v) is 8.46. The van der Waals surface area contributed by atoms with E-state index in [0.717, 1.165) is 20.4 Å². The van der Waals surface area contributed by atoms with E-state index in [4.69, 9.17) is 9.47 Å². The topological polar surface area (TPSA) is 93.8 Å². The Kier molecular flexibility index (Phi) is 5.16. The van der Waals surface area contributed by atoms with Crippen molar-refractivity contribution in [1.29, 1.82) is 0 Å². The van der Waals surface area contributed by atoms with Crippen LogP contribution in [0.15, 0.2) is 12.3 Å². The summed E-state index contributed by atoms with van der Waals surface area (Å²) in [6.07, 6.45) is -4.46. The summed E-state index contributed by atoms with van der Waals surface area (Å²) in [6, 6.07) is 1.27. The molecule has 0 spiro atoms. The molecule has 0 saturated heterocycles. The van der Waals surface area contributed by atoms with Crippen LogP contribution in [0.5, 0.6) is 5.88 Å². The monoisotopic (exact) mass is 390 g/mol. The van der Waals surface area contributed by atoms with Crippen LogP contribution in [0.3, 0.4) is 0 Å². The molecular weight excluding hydrogens is 367 g/mol. The molecule has 1 aromatic heterocycles. The fourth-order valence-electron chi connectivity index (χ4n) is 2.92. The zero-order chi connectivity index (χ0) is 20.9. The second-order valence-electron chi connectivity index (χ2n) is 8.39. The van der Waals surface area contributed by atoms with E-state index in [-0.39, 0.29) is 18.7 Å². The highest BCUT2D eigenvalue weighted by atomic mass is 19.4. The quantitative estimate of drug-likeness (QED) is 0.561. The normalized spacial score (nSPS) is 17.5. The molecule has 27 heavy (non-hydrogen) atoms. The molecule has 0 amide bonds. The zero-order valence-corrected chi connectivity index (χ0v) is 15.9. The third-order valence-corrected chi connectivity index (χ3v) is 5.06. The molecule has 12 heteroatoms. The standard InChI is InChI=1S/C15H23B2F3N2O5/c1-11(2,3)27-10(23)22-7-4-9(21-22)26-8-13(24,25)14(16,17)12(5-6-12)15(18,19)20/h4,7,24-25H,5-6,8,16-17H2,1-3H3. The van der Waals surface area contributed by atoms with E-state index in [0.29, 0.717) is 0 Å². The van der Waals surface area contributed by atoms with Crippen molar-refractivity contribution < 1.29 is 37.7 Å². The minimum absolute atomic E-state index is 0.152. The number of hydrogen-bond acceptors (Lipinski definition) is 6. The first kappa shape index (κ1) is 21.6. The summed E-state index contributed by atoms with van der Waals surface area (Å²) in [4.78, 5) is 11.9. The summed E-state index contributed by atoms with van der Waals surface area (Å²) in [5.74, 6) is -2.92. The molecule has 2 N–H and O–H groups in total. The summed E-state index contributed by atoms with van der Waals surface area (Å²) < 4.78 is 51.3. The summed E-state index contributed by atoms with van der Waals surface area (Å²) in [5.41, 5.74) is -2.92. The highest BCUT2D eigenvalue weighted by Gasteiger charge is 2.74. The molecule has 0 unspecified atom stereocenters. The number of alkyl halides is 3. The maximum Gasteiger partial charge on any atom is 0.435 e. The average molecular weight is 390 g/mol. The Morgan fingerprint density at radius 3 is 2.30 bits per heavy atom. The average Bonchev–Trinajstić information content (AvgIpc) is 3.17. The van der Waals surface area contributed by atoms with E-state index in [1.807, 2.05) is 0 Å². The van der Waals surface area contributed by atoms with Gasteiger partial charge in [-0.1, -0.05) is 0 Å². The third-order valence-electron chi connectivity index (χ3n) is 5.06. The maximum absolute atomic E-state index is 13.4. The molecule has 1 aliphatic carbocycles. The molecule has 1 saturated carbocycles. The predicted octanol–water partition coefficient (Wildman–Crippen LogP) is 0.451. The fraction of sp³-hybridized carbons (Fsp3) is 0.733. The Balaban J connectivity index is 2.07. The van der Waals surface area contributed by atoms with Crippen LogP contribution in [0.4, 0.5) is 18.0 Å². The molecule has 0 radical (unpaired) electrons. The molecule has 1 aliphatic rings. The number of carbonyl (C=O) groups is 1. The van der Waals surface area contributed by atoms with Gasteiger partial charge >= 0.3 is 12.3 Å². The highest BCUT2D eigenvalue weighted by molar-refractivity contribution is 6.41. The summed E-state index contributed by atoms with van der Waals surface area (Å²) in [7, 11) is 2.30. The zero-order valence-electron chi connectivity index (χ0n) is 15.9. The second-order valence-corrected chi connectivity index (χ2v) is 8.39. The van der Waals surface area contributed by atoms with Crippen molar-refractivity contribution >= 4 is 21.8 Å². The Labute approximate surface area is 156 Å². The molecule has 150 valence electrons. The molecule has 1 aromatic rings. The van der Waals surface area contributed by atoms with Crippen LogP contribution in [0.2, 0.25) is 5.21 Å². The van der Waals surface area contributed by atoms with Gasteiger partial charge in [-0.25, -0.2) is 4.79 Å². The van der Waals surface area contributed by atoms with Crippen molar-refractivity contribution in [3.05, 3.63) is 12.3 Å². The Morgan fingerprint density at radius 1 is 1.30 bits per heavy atom. The van der Waals surface area contributed by atoms with Gasteiger partial charge in [-0.3, -0.25) is 0 Å². The van der Waals surface area contributed by atoms with Crippen molar-refractivity contribution in [1.82, 2.24) is 9.78 Å². The number of carbonyl (C=O) groups excluding carboxylic acids is 1. The predicted molar refractivity (Wildman–Crippen MR) is 94.0 cm³/mol. The lowest BCUT2D eigenvalue weighted by molar-refractivity contribution is -0.255. The van der Waals surface area contributed by atoms with Crippen molar-refractivity contribution in [2.24, 2.45) is 5.41 Å². The van der Waals surface area contributed by atoms with Crippen LogP contribution in [0, 0.1) is 5.41 Å². The number of ether oxygens (including phenoxy) is 2. The lowest BCUT2D eigenvalue weighted by Gasteiger charge is -2.45. The van der Waals surface area contributed by atoms with Crippen LogP contribution >= 0.6 is 0 Å². The summed E-state index contributed by atoms with van der Waals surface area (Å²) in [6.45, 7) is 4.18. The number of hydrogen-bond donors (Lipinski definition) is 2. The third kappa shape index (κ3) is 4.11. The van der Waals surface area contributed by atoms with Crippen LogP contribution in [0.1, 0.15) is 33.6 Å². The van der Waals surface area contributed by atoms with Crippen molar-refractivity contribution in [3.63, 3.8) is 0 Å². The van der Waals surface area contributed by atoms with Crippen LogP contribution in [-0.4, -0.2) is 66.0 Å². The largest absolute Gasteiger partial charge is 0.471 e. The minimum Gasteiger partial charge on any atom is -0.471 e. The smallest absolute Gasteiger partial charge is 0.435 e. The van der Waals surface area contributed by atoms with Crippen molar-refractivity contribution in [2.75, 3.05) is 6.61 Å². The molecule has 0 atom stereocenters. The SMILES string of the molecule is BC(B)(C(O)(O)COc1ccn(C(=O)OC(C)(C)C)n1)C1(C(F)(F)F)CC1. The van der Waals surface area contributed by atoms with Gasteiger partial charge in [0.1, 0.15) is 27.9 Å². The lowest BCUT2D eigenvalue weighted by atomic mass is 9.42. The van der Waals surface area contributed by atoms with Gasteiger partial charge in [0, 0.05) is 12.3 Å². The van der Waals surface area contributed by atoms with E-state index < -0.39 is 40.9 Å². The number of nitrogens with zero attached hydrogens (tertiary/aromatic N) is 2. The van der Waals surface area contributed by atoms with E-state index >= 15 is 0 Å². The van der Waals surface area contributed by atoms with Gasteiger partial charge in [0.2, 0.25) is 5.88 Å². The molecule has 0 bridgehead atoms. The van der Waals surface area contributed by atoms with Crippen LogP contribution in [-0.2, 0) is 4.74 Å². The minimum atomic E-state index is -4.56. The van der Waals surface area contributed by atoms with Crippen molar-refractivity contribution in [3.8, 4) is 5.88 Å². The molecule has 0 aliphatic heterocycles. The van der Waals surface area contributed by atoms with Crippen LogP contribution < -0.4 is 4.74 Å². The number of aromatic nitrogens is 2. The van der Waals surface area contributed by atoms with E-state index in [1.54, 1.807) is 20.8 Å². The van der Waals surface area contributed by atoms with Crippen LogP contribution in [0.25, 0.3) is 0 Å². The lowest BCUT2D eigenvalue weighted by Crippen LogP contribution is -2.56. The van der Waals surface area contributed by atoms with Gasteiger partial charge in [0.15, 0.2) is 5.79 Å². The molecular formula is C15H23B2F3N2O5. The van der Waals surface area contributed by atoms with Gasteiger partial charge in [-0.15, -0.1) is 5.10 Å². The number of aliphatic hydroxyl groups is 2. The highest BCUT2D eigenvalue weighted by Crippen LogP contribution is 2.70. The molecule has 1 heterocycles. The second kappa shape index (κ2) is 6.44. The van der Waals surface area contributed by atoms with Gasteiger partial charge in [-0.2, -0.15) is 17.9 Å². The summed E-state index contributed by atoms with van der Waals surface area (Å²) >= 11 is 0. The number of halogens is 3. The van der Waals surface area contributed by atoms with E-state index in [2.05, 4.69) is 5.10 Å². The molecule has 0 aromatic carbocycles. The maximum atomic E-state index is 13.4. The van der Waals surface area contributed by atoms with Gasteiger partial charge < -0.3 is 19.7 Å². The Morgan fingerprint density at radius 2 is 1.85 bits per heavy atom. The van der Waals surface area contributed by atoms with E-state index in [9.17, 15) is 28.2 Å². The van der Waals surface area contributed by atoms with Gasteiger partial charge in [-0.05, 0) is 38.8 Å². The first-order valence-electron chi connectivity index (χ1n) is 8.46. The van der Waals surface area contributed by atoms with Gasteiger partial charge in [0.05, 0.1) is 5.41 Å². The first-order chi connectivity index (χ1) is 12.0.